The number of carbonyl (C=O) groups excluding carboxylic acids is 1. The fraction of sp³-hybridized carbons (Fsp3) is 0.206. The molecule has 0 aromatic heterocycles. The summed E-state index contributed by atoms with van der Waals surface area (Å²) in [6.45, 7) is 1.09. The summed E-state index contributed by atoms with van der Waals surface area (Å²) in [6, 6.07) is 38.2. The van der Waals surface area contributed by atoms with E-state index in [1.54, 1.807) is 0 Å². The third-order valence-corrected chi connectivity index (χ3v) is 8.66. The SMILES string of the molecule is O=C1N(Cc2ccccc2)CCC23OC(c4ccc(Cl)cc4)=CC12CC(c1ccccc1)(c1ccccc1)O3. The van der Waals surface area contributed by atoms with Crippen molar-refractivity contribution >= 4 is 23.3 Å². The lowest BCUT2D eigenvalue weighted by Crippen LogP contribution is -2.59. The molecular formula is C34H28ClNO3. The van der Waals surface area contributed by atoms with Crippen molar-refractivity contribution in [2.75, 3.05) is 6.54 Å². The first-order valence-electron chi connectivity index (χ1n) is 13.4. The first-order chi connectivity index (χ1) is 19.0. The average Bonchev–Trinajstić information content (AvgIpc) is 3.47. The van der Waals surface area contributed by atoms with Crippen LogP contribution in [-0.2, 0) is 26.4 Å². The zero-order valence-corrected chi connectivity index (χ0v) is 22.2. The molecule has 3 aliphatic heterocycles. The van der Waals surface area contributed by atoms with Gasteiger partial charge in [-0.1, -0.05) is 103 Å². The molecule has 0 bridgehead atoms. The Bertz CT molecular complexity index is 1500. The number of halogens is 1. The van der Waals surface area contributed by atoms with Crippen molar-refractivity contribution < 1.29 is 14.3 Å². The summed E-state index contributed by atoms with van der Waals surface area (Å²) in [5, 5.41) is 0.653. The predicted octanol–water partition coefficient (Wildman–Crippen LogP) is 7.19. The van der Waals surface area contributed by atoms with Gasteiger partial charge in [0.15, 0.2) is 0 Å². The Morgan fingerprint density at radius 1 is 0.769 bits per heavy atom. The zero-order chi connectivity index (χ0) is 26.5. The topological polar surface area (TPSA) is 38.8 Å². The fourth-order valence-electron chi connectivity index (χ4n) is 6.55. The molecule has 2 unspecified atom stereocenters. The van der Waals surface area contributed by atoms with Gasteiger partial charge in [-0.3, -0.25) is 4.79 Å². The van der Waals surface area contributed by atoms with Crippen molar-refractivity contribution in [1.29, 1.82) is 0 Å². The van der Waals surface area contributed by atoms with Crippen LogP contribution in [0.1, 0.15) is 35.1 Å². The van der Waals surface area contributed by atoms with Crippen LogP contribution in [0, 0.1) is 5.41 Å². The van der Waals surface area contributed by atoms with Crippen molar-refractivity contribution in [3.63, 3.8) is 0 Å². The van der Waals surface area contributed by atoms with Gasteiger partial charge in [0, 0.05) is 36.5 Å². The van der Waals surface area contributed by atoms with Gasteiger partial charge < -0.3 is 14.4 Å². The largest absolute Gasteiger partial charge is 0.460 e. The highest BCUT2D eigenvalue weighted by atomic mass is 35.5. The summed E-state index contributed by atoms with van der Waals surface area (Å²) in [6.07, 6.45) is 3.03. The summed E-state index contributed by atoms with van der Waals surface area (Å²) in [5.41, 5.74) is 2.17. The number of amides is 1. The molecule has 3 heterocycles. The van der Waals surface area contributed by atoms with Crippen LogP contribution in [0.25, 0.3) is 5.76 Å². The van der Waals surface area contributed by atoms with Crippen LogP contribution in [0.3, 0.4) is 0 Å². The summed E-state index contributed by atoms with van der Waals surface area (Å²) >= 11 is 6.18. The summed E-state index contributed by atoms with van der Waals surface area (Å²) < 4.78 is 14.0. The van der Waals surface area contributed by atoms with Crippen LogP contribution >= 0.6 is 11.6 Å². The molecule has 4 nitrogen and oxygen atoms in total. The summed E-state index contributed by atoms with van der Waals surface area (Å²) in [7, 11) is 0. The number of benzene rings is 4. The Morgan fingerprint density at radius 2 is 1.36 bits per heavy atom. The minimum absolute atomic E-state index is 0.0373. The summed E-state index contributed by atoms with van der Waals surface area (Å²) in [4.78, 5) is 16.7. The van der Waals surface area contributed by atoms with Crippen molar-refractivity contribution in [1.82, 2.24) is 4.90 Å². The van der Waals surface area contributed by atoms with Gasteiger partial charge in [-0.25, -0.2) is 0 Å². The number of hydrogen-bond donors (Lipinski definition) is 0. The molecule has 0 N–H and O–H groups in total. The van der Waals surface area contributed by atoms with Crippen LogP contribution in [-0.4, -0.2) is 23.1 Å². The lowest BCUT2D eigenvalue weighted by molar-refractivity contribution is -0.247. The monoisotopic (exact) mass is 533 g/mol. The van der Waals surface area contributed by atoms with Gasteiger partial charge in [0.25, 0.3) is 0 Å². The molecule has 2 saturated heterocycles. The van der Waals surface area contributed by atoms with Crippen molar-refractivity contribution in [2.24, 2.45) is 5.41 Å². The van der Waals surface area contributed by atoms with E-state index in [1.165, 1.54) is 0 Å². The Labute approximate surface area is 233 Å². The fourth-order valence-corrected chi connectivity index (χ4v) is 6.67. The minimum Gasteiger partial charge on any atom is -0.460 e. The third-order valence-electron chi connectivity index (χ3n) is 8.40. The molecule has 0 aliphatic carbocycles. The molecule has 194 valence electrons. The van der Waals surface area contributed by atoms with Gasteiger partial charge >= 0.3 is 0 Å². The Hall–Kier alpha value is -3.86. The van der Waals surface area contributed by atoms with E-state index < -0.39 is 16.8 Å². The lowest BCUT2D eigenvalue weighted by atomic mass is 9.68. The van der Waals surface area contributed by atoms with Crippen LogP contribution in [0.15, 0.2) is 121 Å². The van der Waals surface area contributed by atoms with E-state index in [2.05, 4.69) is 36.4 Å². The molecule has 7 rings (SSSR count). The van der Waals surface area contributed by atoms with Crippen LogP contribution in [0.5, 0.6) is 0 Å². The van der Waals surface area contributed by atoms with Crippen LogP contribution in [0.2, 0.25) is 5.02 Å². The van der Waals surface area contributed by atoms with E-state index in [4.69, 9.17) is 21.1 Å². The Morgan fingerprint density at radius 3 is 1.97 bits per heavy atom. The van der Waals surface area contributed by atoms with E-state index in [0.717, 1.165) is 22.3 Å². The average molecular weight is 534 g/mol. The molecule has 39 heavy (non-hydrogen) atoms. The van der Waals surface area contributed by atoms with Crippen molar-refractivity contribution in [3.05, 3.63) is 149 Å². The maximum absolute atomic E-state index is 14.7. The molecule has 5 heteroatoms. The number of likely N-dealkylation sites (tertiary alicyclic amines) is 1. The second-order valence-corrected chi connectivity index (χ2v) is 11.1. The van der Waals surface area contributed by atoms with Crippen LogP contribution < -0.4 is 0 Å². The second-order valence-electron chi connectivity index (χ2n) is 10.6. The normalized spacial score (nSPS) is 25.0. The molecule has 2 atom stereocenters. The number of piperidine rings is 1. The van der Waals surface area contributed by atoms with Gasteiger partial charge in [0.05, 0.1) is 0 Å². The van der Waals surface area contributed by atoms with Gasteiger partial charge in [0.1, 0.15) is 16.8 Å². The quantitative estimate of drug-likeness (QED) is 0.272. The van der Waals surface area contributed by atoms with Crippen molar-refractivity contribution in [2.45, 2.75) is 30.8 Å². The molecule has 2 fully saturated rings. The smallest absolute Gasteiger partial charge is 0.239 e. The first-order valence-corrected chi connectivity index (χ1v) is 13.7. The number of ether oxygens (including phenoxy) is 2. The summed E-state index contributed by atoms with van der Waals surface area (Å²) in [5.74, 6) is -0.426. The Balaban J connectivity index is 1.39. The molecule has 4 aromatic rings. The molecule has 0 saturated carbocycles. The number of hydrogen-bond acceptors (Lipinski definition) is 3. The number of rotatable bonds is 5. The molecular weight excluding hydrogens is 506 g/mol. The zero-order valence-electron chi connectivity index (χ0n) is 21.4. The van der Waals surface area contributed by atoms with Crippen LogP contribution in [0.4, 0.5) is 0 Å². The molecule has 4 aromatic carbocycles. The highest BCUT2D eigenvalue weighted by Crippen LogP contribution is 2.66. The van der Waals surface area contributed by atoms with Crippen molar-refractivity contribution in [3.8, 4) is 0 Å². The maximum Gasteiger partial charge on any atom is 0.239 e. The molecule has 0 radical (unpaired) electrons. The van der Waals surface area contributed by atoms with Gasteiger partial charge in [0.2, 0.25) is 11.7 Å². The predicted molar refractivity (Wildman–Crippen MR) is 152 cm³/mol. The van der Waals surface area contributed by atoms with E-state index in [0.29, 0.717) is 36.7 Å². The Kier molecular flexibility index (Phi) is 5.66. The van der Waals surface area contributed by atoms with E-state index >= 15 is 0 Å². The number of nitrogens with zero attached hydrogens (tertiary/aromatic N) is 1. The van der Waals surface area contributed by atoms with E-state index in [9.17, 15) is 4.79 Å². The highest BCUT2D eigenvalue weighted by molar-refractivity contribution is 6.30. The van der Waals surface area contributed by atoms with E-state index in [1.807, 2.05) is 89.8 Å². The first kappa shape index (κ1) is 24.2. The lowest BCUT2D eigenvalue weighted by Gasteiger charge is -2.44. The number of carbonyl (C=O) groups is 1. The maximum atomic E-state index is 14.7. The second kappa shape index (κ2) is 9.11. The van der Waals surface area contributed by atoms with E-state index in [-0.39, 0.29) is 5.91 Å². The van der Waals surface area contributed by atoms with Gasteiger partial charge in [-0.15, -0.1) is 0 Å². The molecule has 3 aliphatic rings. The molecule has 0 spiro atoms. The van der Waals surface area contributed by atoms with Gasteiger partial charge in [-0.05, 0) is 47.0 Å². The third kappa shape index (κ3) is 3.74. The van der Waals surface area contributed by atoms with Gasteiger partial charge in [-0.2, -0.15) is 0 Å². The minimum atomic E-state index is -1.13. The molecule has 1 amide bonds. The standard InChI is InChI=1S/C34H28ClNO3/c35-29-18-16-26(17-19-29)30-22-32-24-33(27-12-6-2-7-13-27,28-14-8-3-9-15-28)39-34(32,38-30)20-21-36(31(32)37)23-25-10-4-1-5-11-25/h1-19,22H,20-21,23-24H2. The highest BCUT2D eigenvalue weighted by Gasteiger charge is 2.75.